The van der Waals surface area contributed by atoms with Crippen LogP contribution in [0.1, 0.15) is 63.9 Å². The van der Waals surface area contributed by atoms with Gasteiger partial charge in [0.2, 0.25) is 5.91 Å². The molecule has 4 nitrogen and oxygen atoms in total. The Labute approximate surface area is 152 Å². The summed E-state index contributed by atoms with van der Waals surface area (Å²) in [5.41, 5.74) is 0.903. The van der Waals surface area contributed by atoms with Crippen LogP contribution < -0.4 is 14.8 Å². The number of unbranched alkanes of at least 4 members (excludes halogenated alkanes) is 7. The maximum atomic E-state index is 11.8. The van der Waals surface area contributed by atoms with E-state index in [0.29, 0.717) is 11.5 Å². The number of amides is 1. The maximum absolute atomic E-state index is 11.8. The van der Waals surface area contributed by atoms with Gasteiger partial charge in [0.05, 0.1) is 14.2 Å². The quantitative estimate of drug-likeness (QED) is 0.405. The average molecular weight is 347 g/mol. The van der Waals surface area contributed by atoms with E-state index in [9.17, 15) is 4.79 Å². The lowest BCUT2D eigenvalue weighted by Crippen LogP contribution is -2.21. The number of hydrogen-bond acceptors (Lipinski definition) is 3. The lowest BCUT2D eigenvalue weighted by atomic mass is 10.1. The van der Waals surface area contributed by atoms with Gasteiger partial charge in [-0.25, -0.2) is 0 Å². The minimum Gasteiger partial charge on any atom is -0.493 e. The third kappa shape index (κ3) is 9.18. The summed E-state index contributed by atoms with van der Waals surface area (Å²) in [7, 11) is 3.20. The average Bonchev–Trinajstić information content (AvgIpc) is 2.64. The number of carbonyl (C=O) groups is 1. The minimum atomic E-state index is -0.0577. The Morgan fingerprint density at radius 2 is 1.60 bits per heavy atom. The number of rotatable bonds is 13. The highest BCUT2D eigenvalue weighted by atomic mass is 16.5. The summed E-state index contributed by atoms with van der Waals surface area (Å²) in [6.07, 6.45) is 13.5. The van der Waals surface area contributed by atoms with Crippen LogP contribution >= 0.6 is 0 Å². The van der Waals surface area contributed by atoms with Crippen LogP contribution in [-0.4, -0.2) is 26.7 Å². The predicted molar refractivity (Wildman–Crippen MR) is 104 cm³/mol. The number of nitrogens with one attached hydrogen (secondary N) is 1. The lowest BCUT2D eigenvalue weighted by molar-refractivity contribution is -0.116. The van der Waals surface area contributed by atoms with Gasteiger partial charge in [-0.15, -0.1) is 0 Å². The molecule has 1 amide bonds. The van der Waals surface area contributed by atoms with E-state index in [2.05, 4.69) is 12.2 Å². The van der Waals surface area contributed by atoms with Crippen LogP contribution in [0, 0.1) is 0 Å². The molecule has 0 aliphatic heterocycles. The van der Waals surface area contributed by atoms with Crippen molar-refractivity contribution in [1.82, 2.24) is 5.32 Å². The molecular weight excluding hydrogens is 314 g/mol. The van der Waals surface area contributed by atoms with Gasteiger partial charge in [0.15, 0.2) is 11.5 Å². The SMILES string of the molecule is CCCCCCCCCCNC(=O)/C=C/c1ccc(OC)c(OC)c1. The van der Waals surface area contributed by atoms with Crippen LogP contribution in [0.4, 0.5) is 0 Å². The van der Waals surface area contributed by atoms with Crippen LogP contribution in [0.25, 0.3) is 6.08 Å². The first-order valence-corrected chi connectivity index (χ1v) is 9.39. The first-order chi connectivity index (χ1) is 12.2. The Morgan fingerprint density at radius 3 is 2.24 bits per heavy atom. The van der Waals surface area contributed by atoms with Crippen molar-refractivity contribution in [2.75, 3.05) is 20.8 Å². The van der Waals surface area contributed by atoms with Gasteiger partial charge in [0, 0.05) is 12.6 Å². The minimum absolute atomic E-state index is 0.0577. The topological polar surface area (TPSA) is 47.6 Å². The van der Waals surface area contributed by atoms with Crippen molar-refractivity contribution in [2.45, 2.75) is 58.3 Å². The fourth-order valence-electron chi connectivity index (χ4n) is 2.66. The Morgan fingerprint density at radius 1 is 0.960 bits per heavy atom. The fourth-order valence-corrected chi connectivity index (χ4v) is 2.66. The van der Waals surface area contributed by atoms with E-state index in [1.165, 1.54) is 44.9 Å². The molecule has 1 rings (SSSR count). The summed E-state index contributed by atoms with van der Waals surface area (Å²) in [5.74, 6) is 1.28. The second kappa shape index (κ2) is 13.3. The fraction of sp³-hybridized carbons (Fsp3) is 0.571. The number of hydrogen-bond donors (Lipinski definition) is 1. The Hall–Kier alpha value is -1.97. The molecule has 25 heavy (non-hydrogen) atoms. The van der Waals surface area contributed by atoms with Crippen molar-refractivity contribution in [3.05, 3.63) is 29.8 Å². The van der Waals surface area contributed by atoms with Crippen molar-refractivity contribution < 1.29 is 14.3 Å². The summed E-state index contributed by atoms with van der Waals surface area (Å²) in [6, 6.07) is 5.57. The first kappa shape index (κ1) is 21.1. The molecular formula is C21H33NO3. The van der Waals surface area contributed by atoms with Crippen LogP contribution in [0.5, 0.6) is 11.5 Å². The van der Waals surface area contributed by atoms with Crippen LogP contribution in [0.2, 0.25) is 0 Å². The molecule has 0 radical (unpaired) electrons. The number of carbonyl (C=O) groups excluding carboxylic acids is 1. The molecule has 140 valence electrons. The molecule has 0 aromatic heterocycles. The van der Waals surface area contributed by atoms with Gasteiger partial charge in [0.25, 0.3) is 0 Å². The molecule has 0 saturated heterocycles. The van der Waals surface area contributed by atoms with Gasteiger partial charge in [-0.05, 0) is 30.2 Å². The van der Waals surface area contributed by atoms with Crippen molar-refractivity contribution in [3.8, 4) is 11.5 Å². The van der Waals surface area contributed by atoms with E-state index in [4.69, 9.17) is 9.47 Å². The molecule has 1 aromatic rings. The maximum Gasteiger partial charge on any atom is 0.243 e. The van der Waals surface area contributed by atoms with E-state index < -0.39 is 0 Å². The van der Waals surface area contributed by atoms with Crippen molar-refractivity contribution in [2.24, 2.45) is 0 Å². The van der Waals surface area contributed by atoms with Crippen LogP contribution in [0.3, 0.4) is 0 Å². The molecule has 0 bridgehead atoms. The van der Waals surface area contributed by atoms with Crippen LogP contribution in [-0.2, 0) is 4.79 Å². The molecule has 0 aliphatic rings. The highest BCUT2D eigenvalue weighted by Crippen LogP contribution is 2.27. The Kier molecular flexibility index (Phi) is 11.2. The number of benzene rings is 1. The summed E-state index contributed by atoms with van der Waals surface area (Å²) in [5, 5.41) is 2.93. The first-order valence-electron chi connectivity index (χ1n) is 9.39. The van der Waals surface area contributed by atoms with E-state index in [0.717, 1.165) is 18.5 Å². The summed E-state index contributed by atoms with van der Waals surface area (Å²) >= 11 is 0. The number of methoxy groups -OCH3 is 2. The molecule has 0 unspecified atom stereocenters. The van der Waals surface area contributed by atoms with Gasteiger partial charge in [-0.3, -0.25) is 4.79 Å². The van der Waals surface area contributed by atoms with E-state index in [-0.39, 0.29) is 5.91 Å². The lowest BCUT2D eigenvalue weighted by Gasteiger charge is -2.07. The summed E-state index contributed by atoms with van der Waals surface area (Å²) < 4.78 is 10.5. The zero-order chi connectivity index (χ0) is 18.3. The Balaban J connectivity index is 2.20. The third-order valence-electron chi connectivity index (χ3n) is 4.16. The molecule has 1 N–H and O–H groups in total. The van der Waals surface area contributed by atoms with Gasteiger partial charge in [0.1, 0.15) is 0 Å². The molecule has 0 aliphatic carbocycles. The van der Waals surface area contributed by atoms with Crippen molar-refractivity contribution >= 4 is 12.0 Å². The van der Waals surface area contributed by atoms with Gasteiger partial charge in [-0.2, -0.15) is 0 Å². The van der Waals surface area contributed by atoms with Crippen LogP contribution in [0.15, 0.2) is 24.3 Å². The van der Waals surface area contributed by atoms with Gasteiger partial charge >= 0.3 is 0 Å². The molecule has 0 saturated carbocycles. The van der Waals surface area contributed by atoms with E-state index in [1.54, 1.807) is 26.4 Å². The second-order valence-corrected chi connectivity index (χ2v) is 6.21. The standard InChI is InChI=1S/C21H33NO3/c1-4-5-6-7-8-9-10-11-16-22-21(23)15-13-18-12-14-19(24-2)20(17-18)25-3/h12-15,17H,4-11,16H2,1-3H3,(H,22,23)/b15-13+. The van der Waals surface area contributed by atoms with E-state index in [1.807, 2.05) is 18.2 Å². The predicted octanol–water partition coefficient (Wildman–Crippen LogP) is 4.97. The van der Waals surface area contributed by atoms with Crippen molar-refractivity contribution in [3.63, 3.8) is 0 Å². The summed E-state index contributed by atoms with van der Waals surface area (Å²) in [6.45, 7) is 2.98. The molecule has 0 fully saturated rings. The second-order valence-electron chi connectivity index (χ2n) is 6.21. The molecule has 0 atom stereocenters. The third-order valence-corrected chi connectivity index (χ3v) is 4.16. The number of ether oxygens (including phenoxy) is 2. The highest BCUT2D eigenvalue weighted by molar-refractivity contribution is 5.91. The largest absolute Gasteiger partial charge is 0.493 e. The Bertz CT molecular complexity index is 526. The van der Waals surface area contributed by atoms with Gasteiger partial charge < -0.3 is 14.8 Å². The zero-order valence-electron chi connectivity index (χ0n) is 16.0. The van der Waals surface area contributed by atoms with E-state index >= 15 is 0 Å². The van der Waals surface area contributed by atoms with Crippen molar-refractivity contribution in [1.29, 1.82) is 0 Å². The molecule has 1 aromatic carbocycles. The zero-order valence-corrected chi connectivity index (χ0v) is 16.0. The molecule has 4 heteroatoms. The monoisotopic (exact) mass is 347 g/mol. The molecule has 0 spiro atoms. The normalized spacial score (nSPS) is 10.8. The summed E-state index contributed by atoms with van der Waals surface area (Å²) in [4.78, 5) is 11.8. The van der Waals surface area contributed by atoms with Gasteiger partial charge in [-0.1, -0.05) is 57.9 Å². The highest BCUT2D eigenvalue weighted by Gasteiger charge is 2.03. The smallest absolute Gasteiger partial charge is 0.243 e. The molecule has 0 heterocycles.